The molecule has 0 aliphatic rings. The molecule has 0 unspecified atom stereocenters. The summed E-state index contributed by atoms with van der Waals surface area (Å²) in [6, 6.07) is 0. The zero-order valence-corrected chi connectivity index (χ0v) is 9.72. The van der Waals surface area contributed by atoms with Crippen molar-refractivity contribution in [1.29, 1.82) is 0 Å². The molecule has 0 radical (unpaired) electrons. The Labute approximate surface area is 88.6 Å². The summed E-state index contributed by atoms with van der Waals surface area (Å²) in [6.07, 6.45) is 14.1. The Morgan fingerprint density at radius 3 is 2.14 bits per heavy atom. The third-order valence-electron chi connectivity index (χ3n) is 2.33. The van der Waals surface area contributed by atoms with Crippen LogP contribution in [0.4, 0.5) is 0 Å². The van der Waals surface area contributed by atoms with Crippen LogP contribution in [0.25, 0.3) is 0 Å². The van der Waals surface area contributed by atoms with E-state index < -0.39 is 0 Å². The molecule has 0 spiro atoms. The highest BCUT2D eigenvalue weighted by atomic mass is 16.1. The van der Waals surface area contributed by atoms with Gasteiger partial charge < -0.3 is 0 Å². The lowest BCUT2D eigenvalue weighted by Gasteiger charge is -1.98. The molecule has 0 aromatic rings. The first-order valence-electron chi connectivity index (χ1n) is 5.94. The van der Waals surface area contributed by atoms with E-state index in [4.69, 9.17) is 0 Å². The molecule has 0 fully saturated rings. The number of carbonyl (C=O) groups excluding carboxylic acids is 1. The number of allylic oxidation sites excluding steroid dienone is 2. The van der Waals surface area contributed by atoms with Gasteiger partial charge in [-0.05, 0) is 25.8 Å². The molecule has 0 aliphatic carbocycles. The standard InChI is InChI=1S/C13H24O/c1-3-4-5-6-7-8-9-10-11-12-13(2)14/h11-12H,3-10H2,1-2H3/b12-11+. The number of rotatable bonds is 9. The van der Waals surface area contributed by atoms with E-state index in [-0.39, 0.29) is 5.78 Å². The lowest BCUT2D eigenvalue weighted by Crippen LogP contribution is -1.81. The van der Waals surface area contributed by atoms with Gasteiger partial charge in [-0.1, -0.05) is 51.5 Å². The van der Waals surface area contributed by atoms with Crippen LogP contribution in [0.3, 0.4) is 0 Å². The maximum absolute atomic E-state index is 10.6. The van der Waals surface area contributed by atoms with Crippen LogP contribution in [0.15, 0.2) is 12.2 Å². The van der Waals surface area contributed by atoms with Gasteiger partial charge in [-0.3, -0.25) is 4.79 Å². The molecule has 0 heterocycles. The van der Waals surface area contributed by atoms with Gasteiger partial charge >= 0.3 is 0 Å². The molecule has 0 N–H and O–H groups in total. The van der Waals surface area contributed by atoms with Gasteiger partial charge in [0, 0.05) is 0 Å². The average molecular weight is 196 g/mol. The molecule has 0 saturated heterocycles. The summed E-state index contributed by atoms with van der Waals surface area (Å²) in [5.74, 6) is 0.160. The van der Waals surface area contributed by atoms with E-state index in [0.717, 1.165) is 6.42 Å². The fourth-order valence-corrected chi connectivity index (χ4v) is 1.47. The van der Waals surface area contributed by atoms with E-state index in [1.807, 2.05) is 6.08 Å². The summed E-state index contributed by atoms with van der Waals surface area (Å²) in [5, 5.41) is 0. The van der Waals surface area contributed by atoms with Gasteiger partial charge in [-0.15, -0.1) is 0 Å². The van der Waals surface area contributed by atoms with Crippen LogP contribution < -0.4 is 0 Å². The summed E-state index contributed by atoms with van der Waals surface area (Å²) in [7, 11) is 0. The van der Waals surface area contributed by atoms with Crippen LogP contribution >= 0.6 is 0 Å². The molecule has 14 heavy (non-hydrogen) atoms. The van der Waals surface area contributed by atoms with Crippen molar-refractivity contribution in [2.75, 3.05) is 0 Å². The van der Waals surface area contributed by atoms with Crippen LogP contribution in [0.5, 0.6) is 0 Å². The highest BCUT2D eigenvalue weighted by Gasteiger charge is 1.89. The fraction of sp³-hybridized carbons (Fsp3) is 0.769. The van der Waals surface area contributed by atoms with Crippen molar-refractivity contribution in [3.63, 3.8) is 0 Å². The molecule has 82 valence electrons. The average Bonchev–Trinajstić information content (AvgIpc) is 2.15. The van der Waals surface area contributed by atoms with Crippen molar-refractivity contribution in [2.24, 2.45) is 0 Å². The summed E-state index contributed by atoms with van der Waals surface area (Å²) in [6.45, 7) is 3.84. The normalized spacial score (nSPS) is 11.0. The van der Waals surface area contributed by atoms with Crippen LogP contribution in [0.1, 0.15) is 65.2 Å². The van der Waals surface area contributed by atoms with Gasteiger partial charge in [-0.2, -0.15) is 0 Å². The van der Waals surface area contributed by atoms with Gasteiger partial charge in [0.15, 0.2) is 5.78 Å². The topological polar surface area (TPSA) is 17.1 Å². The number of carbonyl (C=O) groups is 1. The third kappa shape index (κ3) is 11.4. The molecule has 0 atom stereocenters. The summed E-state index contributed by atoms with van der Waals surface area (Å²) < 4.78 is 0. The summed E-state index contributed by atoms with van der Waals surface area (Å²) in [4.78, 5) is 10.6. The van der Waals surface area contributed by atoms with E-state index in [1.54, 1.807) is 13.0 Å². The second-order valence-electron chi connectivity index (χ2n) is 3.92. The Hall–Kier alpha value is -0.590. The lowest BCUT2D eigenvalue weighted by molar-refractivity contribution is -0.112. The molecule has 0 aromatic carbocycles. The monoisotopic (exact) mass is 196 g/mol. The summed E-state index contributed by atoms with van der Waals surface area (Å²) >= 11 is 0. The number of hydrogen-bond acceptors (Lipinski definition) is 1. The largest absolute Gasteiger partial charge is 0.295 e. The van der Waals surface area contributed by atoms with E-state index in [2.05, 4.69) is 6.92 Å². The van der Waals surface area contributed by atoms with Gasteiger partial charge in [0.1, 0.15) is 0 Å². The van der Waals surface area contributed by atoms with Crippen LogP contribution in [-0.2, 0) is 4.79 Å². The zero-order valence-electron chi connectivity index (χ0n) is 9.72. The van der Waals surface area contributed by atoms with Crippen LogP contribution in [0, 0.1) is 0 Å². The Kier molecular flexibility index (Phi) is 10.0. The molecule has 0 saturated carbocycles. The maximum Gasteiger partial charge on any atom is 0.152 e. The zero-order chi connectivity index (χ0) is 10.6. The second kappa shape index (κ2) is 10.5. The van der Waals surface area contributed by atoms with Gasteiger partial charge in [0.25, 0.3) is 0 Å². The van der Waals surface area contributed by atoms with E-state index >= 15 is 0 Å². The van der Waals surface area contributed by atoms with E-state index in [0.29, 0.717) is 0 Å². The first-order chi connectivity index (χ1) is 6.77. The highest BCUT2D eigenvalue weighted by Crippen LogP contribution is 2.08. The molecule has 0 aromatic heterocycles. The van der Waals surface area contributed by atoms with Crippen molar-refractivity contribution in [1.82, 2.24) is 0 Å². The number of ketones is 1. The predicted molar refractivity (Wildman–Crippen MR) is 62.4 cm³/mol. The molecular weight excluding hydrogens is 172 g/mol. The highest BCUT2D eigenvalue weighted by molar-refractivity contribution is 5.87. The molecule has 0 amide bonds. The van der Waals surface area contributed by atoms with Gasteiger partial charge in [-0.25, -0.2) is 0 Å². The minimum atomic E-state index is 0.160. The third-order valence-corrected chi connectivity index (χ3v) is 2.33. The molecule has 1 nitrogen and oxygen atoms in total. The number of hydrogen-bond donors (Lipinski definition) is 0. The van der Waals surface area contributed by atoms with Crippen LogP contribution in [0.2, 0.25) is 0 Å². The Balaban J connectivity index is 3.02. The van der Waals surface area contributed by atoms with Gasteiger partial charge in [0.05, 0.1) is 0 Å². The minimum Gasteiger partial charge on any atom is -0.295 e. The first kappa shape index (κ1) is 13.4. The SMILES string of the molecule is CCCCCCCCC/C=C/C(C)=O. The smallest absolute Gasteiger partial charge is 0.152 e. The fourth-order valence-electron chi connectivity index (χ4n) is 1.47. The number of unbranched alkanes of at least 4 members (excludes halogenated alkanes) is 7. The van der Waals surface area contributed by atoms with Crippen molar-refractivity contribution in [3.8, 4) is 0 Å². The quantitative estimate of drug-likeness (QED) is 0.397. The second-order valence-corrected chi connectivity index (χ2v) is 3.92. The molecular formula is C13H24O. The minimum absolute atomic E-state index is 0.160. The molecule has 0 rings (SSSR count). The lowest BCUT2D eigenvalue weighted by atomic mass is 10.1. The first-order valence-corrected chi connectivity index (χ1v) is 5.94. The van der Waals surface area contributed by atoms with E-state index in [9.17, 15) is 4.79 Å². The summed E-state index contributed by atoms with van der Waals surface area (Å²) in [5.41, 5.74) is 0. The predicted octanol–water partition coefficient (Wildman–Crippen LogP) is 4.27. The van der Waals surface area contributed by atoms with Crippen LogP contribution in [-0.4, -0.2) is 5.78 Å². The molecule has 0 aliphatic heterocycles. The maximum atomic E-state index is 10.6. The molecule has 1 heteroatoms. The van der Waals surface area contributed by atoms with Gasteiger partial charge in [0.2, 0.25) is 0 Å². The molecule has 0 bridgehead atoms. The van der Waals surface area contributed by atoms with Crippen molar-refractivity contribution >= 4 is 5.78 Å². The Bertz CT molecular complexity index is 159. The Morgan fingerprint density at radius 1 is 1.00 bits per heavy atom. The van der Waals surface area contributed by atoms with Crippen molar-refractivity contribution < 1.29 is 4.79 Å². The Morgan fingerprint density at radius 2 is 1.57 bits per heavy atom. The van der Waals surface area contributed by atoms with Crippen molar-refractivity contribution in [3.05, 3.63) is 12.2 Å². The van der Waals surface area contributed by atoms with E-state index in [1.165, 1.54) is 44.9 Å². The van der Waals surface area contributed by atoms with Crippen molar-refractivity contribution in [2.45, 2.75) is 65.2 Å².